The largest absolute Gasteiger partial charge is 0.491 e. The van der Waals surface area contributed by atoms with Crippen molar-refractivity contribution < 1.29 is 18.8 Å². The van der Waals surface area contributed by atoms with Crippen LogP contribution in [0.1, 0.15) is 52.2 Å². The van der Waals surface area contributed by atoms with Gasteiger partial charge in [-0.05, 0) is 50.9 Å². The molecule has 0 spiro atoms. The number of carbonyl (C=O) groups is 1. The highest BCUT2D eigenvalue weighted by molar-refractivity contribution is 6.56. The number of hydrogen-bond acceptors (Lipinski definition) is 4. The summed E-state index contributed by atoms with van der Waals surface area (Å²) in [6, 6.07) is 19.8. The third-order valence-electron chi connectivity index (χ3n) is 5.70. The standard InChI is InChI=1S/C26H29BO4/c1-20(28)29-19-18-24(27-30-25(2,3)26(4,5)31-27)23(22-14-10-7-11-15-22)17-16-21-12-8-6-9-13-21/h6-15H,18-19H2,1-5H3/b24-23-. The van der Waals surface area contributed by atoms with Gasteiger partial charge in [0.15, 0.2) is 0 Å². The van der Waals surface area contributed by atoms with Crippen molar-refractivity contribution in [3.63, 3.8) is 0 Å². The molecule has 1 fully saturated rings. The van der Waals surface area contributed by atoms with Gasteiger partial charge in [0.25, 0.3) is 0 Å². The summed E-state index contributed by atoms with van der Waals surface area (Å²) >= 11 is 0. The molecule has 31 heavy (non-hydrogen) atoms. The molecule has 2 aromatic carbocycles. The van der Waals surface area contributed by atoms with Crippen LogP contribution in [0.3, 0.4) is 0 Å². The van der Waals surface area contributed by atoms with Crippen molar-refractivity contribution >= 4 is 18.7 Å². The van der Waals surface area contributed by atoms with Crippen LogP contribution in [-0.4, -0.2) is 30.9 Å². The molecule has 3 rings (SSSR count). The fraction of sp³-hybridized carbons (Fsp3) is 0.346. The predicted octanol–water partition coefficient (Wildman–Crippen LogP) is 5.08. The maximum absolute atomic E-state index is 11.4. The summed E-state index contributed by atoms with van der Waals surface area (Å²) in [5.41, 5.74) is 2.62. The predicted molar refractivity (Wildman–Crippen MR) is 124 cm³/mol. The van der Waals surface area contributed by atoms with Gasteiger partial charge in [0.1, 0.15) is 0 Å². The average Bonchev–Trinajstić information content (AvgIpc) is 2.95. The zero-order valence-electron chi connectivity index (χ0n) is 18.9. The number of rotatable bonds is 5. The minimum atomic E-state index is -0.583. The molecule has 0 amide bonds. The molecule has 0 aromatic heterocycles. The molecule has 0 atom stereocenters. The van der Waals surface area contributed by atoms with Crippen LogP contribution < -0.4 is 0 Å². The van der Waals surface area contributed by atoms with Crippen LogP contribution in [0.25, 0.3) is 5.57 Å². The van der Waals surface area contributed by atoms with E-state index in [4.69, 9.17) is 14.0 Å². The van der Waals surface area contributed by atoms with Gasteiger partial charge in [-0.15, -0.1) is 0 Å². The Labute approximate surface area is 185 Å². The first-order chi connectivity index (χ1) is 14.7. The first-order valence-electron chi connectivity index (χ1n) is 10.5. The molecule has 2 aromatic rings. The van der Waals surface area contributed by atoms with Gasteiger partial charge in [-0.1, -0.05) is 60.4 Å². The Morgan fingerprint density at radius 1 is 0.935 bits per heavy atom. The summed E-state index contributed by atoms with van der Waals surface area (Å²) in [5.74, 6) is 6.30. The van der Waals surface area contributed by atoms with Gasteiger partial charge < -0.3 is 14.0 Å². The van der Waals surface area contributed by atoms with E-state index in [1.807, 2.05) is 88.4 Å². The van der Waals surface area contributed by atoms with E-state index in [9.17, 15) is 4.79 Å². The Balaban J connectivity index is 2.10. The summed E-state index contributed by atoms with van der Waals surface area (Å²) in [6.07, 6.45) is 0.462. The fourth-order valence-electron chi connectivity index (χ4n) is 3.25. The van der Waals surface area contributed by atoms with E-state index in [1.54, 1.807) is 0 Å². The highest BCUT2D eigenvalue weighted by atomic mass is 16.7. The molecule has 0 bridgehead atoms. The molecule has 5 heteroatoms. The number of carbonyl (C=O) groups excluding carboxylic acids is 1. The Bertz CT molecular complexity index is 982. The number of ether oxygens (including phenoxy) is 1. The van der Waals surface area contributed by atoms with Crippen LogP contribution in [0.15, 0.2) is 66.1 Å². The lowest BCUT2D eigenvalue weighted by Gasteiger charge is -2.32. The molecule has 0 unspecified atom stereocenters. The third kappa shape index (κ3) is 5.67. The van der Waals surface area contributed by atoms with Gasteiger partial charge in [-0.2, -0.15) is 0 Å². The summed E-state index contributed by atoms with van der Waals surface area (Å²) in [6.45, 7) is 9.73. The van der Waals surface area contributed by atoms with Crippen LogP contribution in [0, 0.1) is 11.8 Å². The molecule has 0 aliphatic carbocycles. The number of benzene rings is 2. The van der Waals surface area contributed by atoms with Crippen LogP contribution >= 0.6 is 0 Å². The molecule has 0 radical (unpaired) electrons. The molecule has 4 nitrogen and oxygen atoms in total. The monoisotopic (exact) mass is 416 g/mol. The minimum absolute atomic E-state index is 0.234. The van der Waals surface area contributed by atoms with Gasteiger partial charge >= 0.3 is 13.1 Å². The van der Waals surface area contributed by atoms with Crippen molar-refractivity contribution in [2.24, 2.45) is 0 Å². The highest BCUT2D eigenvalue weighted by Crippen LogP contribution is 2.40. The zero-order chi connectivity index (χ0) is 22.5. The van der Waals surface area contributed by atoms with Crippen LogP contribution in [0.2, 0.25) is 0 Å². The van der Waals surface area contributed by atoms with E-state index in [2.05, 4.69) is 11.8 Å². The summed E-state index contributed by atoms with van der Waals surface area (Å²) in [5, 5.41) is 0. The quantitative estimate of drug-likeness (QED) is 0.388. The Hall–Kier alpha value is -2.81. The molecular formula is C26H29BO4. The Kier molecular flexibility index (Phi) is 7.05. The van der Waals surface area contributed by atoms with Crippen molar-refractivity contribution in [3.8, 4) is 11.8 Å². The van der Waals surface area contributed by atoms with Gasteiger partial charge in [-0.3, -0.25) is 4.79 Å². The average molecular weight is 416 g/mol. The normalized spacial score (nSPS) is 17.4. The number of esters is 1. The second-order valence-electron chi connectivity index (χ2n) is 8.56. The van der Waals surface area contributed by atoms with Gasteiger partial charge in [0.2, 0.25) is 0 Å². The third-order valence-corrected chi connectivity index (χ3v) is 5.70. The molecular weight excluding hydrogens is 387 g/mol. The van der Waals surface area contributed by atoms with E-state index in [0.29, 0.717) is 6.42 Å². The first kappa shape index (κ1) is 22.9. The summed E-state index contributed by atoms with van der Waals surface area (Å²) in [7, 11) is -0.583. The second kappa shape index (κ2) is 9.55. The van der Waals surface area contributed by atoms with E-state index < -0.39 is 18.3 Å². The molecule has 1 aliphatic rings. The molecule has 1 saturated heterocycles. The van der Waals surface area contributed by atoms with E-state index in [1.165, 1.54) is 6.92 Å². The zero-order valence-corrected chi connectivity index (χ0v) is 18.9. The minimum Gasteiger partial charge on any atom is -0.466 e. The Morgan fingerprint density at radius 3 is 2.03 bits per heavy atom. The van der Waals surface area contributed by atoms with Crippen molar-refractivity contribution in [1.29, 1.82) is 0 Å². The second-order valence-corrected chi connectivity index (χ2v) is 8.56. The fourth-order valence-corrected chi connectivity index (χ4v) is 3.25. The van der Waals surface area contributed by atoms with E-state index in [0.717, 1.165) is 22.2 Å². The molecule has 160 valence electrons. The van der Waals surface area contributed by atoms with Crippen molar-refractivity contribution in [3.05, 3.63) is 77.3 Å². The van der Waals surface area contributed by atoms with Crippen LogP contribution in [-0.2, 0) is 18.8 Å². The lowest BCUT2D eigenvalue weighted by atomic mass is 9.72. The van der Waals surface area contributed by atoms with Gasteiger partial charge in [-0.25, -0.2) is 0 Å². The van der Waals surface area contributed by atoms with Crippen molar-refractivity contribution in [1.82, 2.24) is 0 Å². The van der Waals surface area contributed by atoms with Gasteiger partial charge in [0.05, 0.1) is 17.8 Å². The smallest absolute Gasteiger partial charge is 0.466 e. The van der Waals surface area contributed by atoms with E-state index >= 15 is 0 Å². The topological polar surface area (TPSA) is 44.8 Å². The SMILES string of the molecule is CC(=O)OCC/C(B1OC(C)(C)C(C)(C)O1)=C(\C#Cc1ccccc1)c1ccccc1. The van der Waals surface area contributed by atoms with Crippen LogP contribution in [0.5, 0.6) is 0 Å². The molecule has 1 aliphatic heterocycles. The summed E-state index contributed by atoms with van der Waals surface area (Å²) in [4.78, 5) is 11.4. The van der Waals surface area contributed by atoms with Gasteiger partial charge in [0, 0.05) is 24.5 Å². The summed E-state index contributed by atoms with van der Waals surface area (Å²) < 4.78 is 18.0. The number of allylic oxidation sites excluding steroid dienone is 1. The maximum Gasteiger partial charge on any atom is 0.491 e. The van der Waals surface area contributed by atoms with Crippen LogP contribution in [0.4, 0.5) is 0 Å². The van der Waals surface area contributed by atoms with E-state index in [-0.39, 0.29) is 12.6 Å². The first-order valence-corrected chi connectivity index (χ1v) is 10.5. The highest BCUT2D eigenvalue weighted by Gasteiger charge is 2.52. The molecule has 0 saturated carbocycles. The Morgan fingerprint density at radius 2 is 1.48 bits per heavy atom. The maximum atomic E-state index is 11.4. The van der Waals surface area contributed by atoms with Crippen molar-refractivity contribution in [2.45, 2.75) is 52.2 Å². The molecule has 0 N–H and O–H groups in total. The lowest BCUT2D eigenvalue weighted by Crippen LogP contribution is -2.41. The lowest BCUT2D eigenvalue weighted by molar-refractivity contribution is -0.140. The number of hydrogen-bond donors (Lipinski definition) is 0. The van der Waals surface area contributed by atoms with Crippen molar-refractivity contribution in [2.75, 3.05) is 6.61 Å². The molecule has 1 heterocycles.